The van der Waals surface area contributed by atoms with Crippen molar-refractivity contribution < 1.29 is 4.79 Å². The summed E-state index contributed by atoms with van der Waals surface area (Å²) in [6.07, 6.45) is 9.25. The number of amides is 1. The lowest BCUT2D eigenvalue weighted by Gasteiger charge is -2.33. The van der Waals surface area contributed by atoms with Crippen molar-refractivity contribution in [3.05, 3.63) is 0 Å². The first-order chi connectivity index (χ1) is 8.31. The molecule has 3 nitrogen and oxygen atoms in total. The Hall–Kier alpha value is -0.220. The molecule has 1 N–H and O–H groups in total. The van der Waals surface area contributed by atoms with Crippen molar-refractivity contribution in [2.45, 2.75) is 50.6 Å². The van der Waals surface area contributed by atoms with Gasteiger partial charge in [0.25, 0.3) is 0 Å². The lowest BCUT2D eigenvalue weighted by molar-refractivity contribution is -0.136. The van der Waals surface area contributed by atoms with Gasteiger partial charge in [0.05, 0.1) is 6.04 Å². The summed E-state index contributed by atoms with van der Waals surface area (Å²) in [5.74, 6) is 1.57. The highest BCUT2D eigenvalue weighted by molar-refractivity contribution is 7.98. The van der Waals surface area contributed by atoms with Crippen LogP contribution in [0.4, 0.5) is 0 Å². The van der Waals surface area contributed by atoms with Crippen LogP contribution in [-0.4, -0.2) is 48.0 Å². The molecule has 0 spiro atoms. The topological polar surface area (TPSA) is 32.3 Å². The van der Waals surface area contributed by atoms with Gasteiger partial charge in [-0.2, -0.15) is 11.8 Å². The number of carbonyl (C=O) groups is 1. The molecule has 1 unspecified atom stereocenters. The molecule has 0 aromatic rings. The molecular weight excluding hydrogens is 232 g/mol. The molecule has 1 aliphatic heterocycles. The van der Waals surface area contributed by atoms with Crippen LogP contribution in [0.25, 0.3) is 0 Å². The second-order valence-corrected chi connectivity index (χ2v) is 6.15. The number of rotatable bonds is 7. The number of nitrogens with one attached hydrogen (secondary N) is 1. The van der Waals surface area contributed by atoms with E-state index in [0.717, 1.165) is 25.9 Å². The van der Waals surface area contributed by atoms with Crippen LogP contribution in [0.1, 0.15) is 38.5 Å². The monoisotopic (exact) mass is 256 g/mol. The molecule has 1 saturated carbocycles. The van der Waals surface area contributed by atoms with Crippen molar-refractivity contribution in [2.24, 2.45) is 0 Å². The summed E-state index contributed by atoms with van der Waals surface area (Å²) in [7, 11) is 0. The van der Waals surface area contributed by atoms with E-state index in [9.17, 15) is 4.79 Å². The zero-order valence-electron chi connectivity index (χ0n) is 10.8. The van der Waals surface area contributed by atoms with Crippen LogP contribution in [0.3, 0.4) is 0 Å². The van der Waals surface area contributed by atoms with Gasteiger partial charge in [0.15, 0.2) is 0 Å². The maximum atomic E-state index is 12.2. The van der Waals surface area contributed by atoms with E-state index in [0.29, 0.717) is 11.9 Å². The molecular formula is C13H24N2OS. The van der Waals surface area contributed by atoms with Gasteiger partial charge in [0.1, 0.15) is 0 Å². The van der Waals surface area contributed by atoms with Crippen LogP contribution >= 0.6 is 11.8 Å². The number of likely N-dealkylation sites (tertiary alicyclic amines) is 1. The fraction of sp³-hybridized carbons (Fsp3) is 0.923. The van der Waals surface area contributed by atoms with Crippen LogP contribution in [0.5, 0.6) is 0 Å². The van der Waals surface area contributed by atoms with Crippen LogP contribution in [0.2, 0.25) is 0 Å². The van der Waals surface area contributed by atoms with Crippen molar-refractivity contribution >= 4 is 17.7 Å². The largest absolute Gasteiger partial charge is 0.341 e. The van der Waals surface area contributed by atoms with E-state index in [1.165, 1.54) is 31.4 Å². The van der Waals surface area contributed by atoms with Gasteiger partial charge in [-0.25, -0.2) is 0 Å². The first-order valence-corrected chi connectivity index (χ1v) is 8.24. The Morgan fingerprint density at radius 3 is 2.88 bits per heavy atom. The van der Waals surface area contributed by atoms with Gasteiger partial charge in [-0.15, -0.1) is 0 Å². The van der Waals surface area contributed by atoms with Gasteiger partial charge < -0.3 is 10.2 Å². The number of unbranched alkanes of at least 4 members (excludes halogenated alkanes) is 1. The Kier molecular flexibility index (Phi) is 5.16. The van der Waals surface area contributed by atoms with E-state index in [1.54, 1.807) is 0 Å². The van der Waals surface area contributed by atoms with Crippen molar-refractivity contribution in [3.63, 3.8) is 0 Å². The minimum absolute atomic E-state index is 0.122. The Bertz CT molecular complexity index is 256. The summed E-state index contributed by atoms with van der Waals surface area (Å²) in [6, 6.07) is 0.761. The lowest BCUT2D eigenvalue weighted by atomic mass is 10.0. The Morgan fingerprint density at radius 2 is 2.18 bits per heavy atom. The number of piperidine rings is 1. The average molecular weight is 256 g/mol. The first kappa shape index (κ1) is 13.2. The fourth-order valence-electron chi connectivity index (χ4n) is 2.40. The molecule has 1 amide bonds. The lowest BCUT2D eigenvalue weighted by Crippen LogP contribution is -2.51. The van der Waals surface area contributed by atoms with E-state index < -0.39 is 0 Å². The summed E-state index contributed by atoms with van der Waals surface area (Å²) >= 11 is 1.89. The second-order valence-electron chi connectivity index (χ2n) is 5.16. The quantitative estimate of drug-likeness (QED) is 0.706. The predicted octanol–water partition coefficient (Wildman–Crippen LogP) is 1.87. The van der Waals surface area contributed by atoms with Gasteiger partial charge in [-0.3, -0.25) is 4.79 Å². The number of carbonyl (C=O) groups excluding carboxylic acids is 1. The normalized spacial score (nSPS) is 25.4. The molecule has 0 bridgehead atoms. The van der Waals surface area contributed by atoms with E-state index in [2.05, 4.69) is 16.5 Å². The fourth-order valence-corrected chi connectivity index (χ4v) is 2.89. The Morgan fingerprint density at radius 1 is 1.35 bits per heavy atom. The molecule has 98 valence electrons. The van der Waals surface area contributed by atoms with Gasteiger partial charge >= 0.3 is 0 Å². The molecule has 1 heterocycles. The SMILES string of the molecule is CSCCCCN1CCCC(NC2CC2)C1=O. The molecule has 1 aliphatic carbocycles. The molecule has 0 aromatic heterocycles. The standard InChI is InChI=1S/C13H24N2OS/c1-17-10-3-2-8-15-9-4-5-12(13(15)16)14-11-6-7-11/h11-12,14H,2-10H2,1H3. The molecule has 2 fully saturated rings. The third-order valence-electron chi connectivity index (χ3n) is 3.57. The van der Waals surface area contributed by atoms with Gasteiger partial charge in [0.2, 0.25) is 5.91 Å². The highest BCUT2D eigenvalue weighted by atomic mass is 32.2. The Balaban J connectivity index is 1.70. The van der Waals surface area contributed by atoms with Crippen molar-refractivity contribution in [1.82, 2.24) is 10.2 Å². The maximum Gasteiger partial charge on any atom is 0.239 e. The zero-order chi connectivity index (χ0) is 12.1. The summed E-state index contributed by atoms with van der Waals surface area (Å²) in [5.41, 5.74) is 0. The third kappa shape index (κ3) is 4.18. The molecule has 2 aliphatic rings. The highest BCUT2D eigenvalue weighted by Crippen LogP contribution is 2.22. The van der Waals surface area contributed by atoms with Gasteiger partial charge in [0, 0.05) is 19.1 Å². The van der Waals surface area contributed by atoms with E-state index in [-0.39, 0.29) is 6.04 Å². The van der Waals surface area contributed by atoms with Gasteiger partial charge in [-0.1, -0.05) is 0 Å². The number of nitrogens with zero attached hydrogens (tertiary/aromatic N) is 1. The maximum absolute atomic E-state index is 12.2. The third-order valence-corrected chi connectivity index (χ3v) is 4.27. The van der Waals surface area contributed by atoms with Crippen molar-refractivity contribution in [2.75, 3.05) is 25.1 Å². The summed E-state index contributed by atoms with van der Waals surface area (Å²) < 4.78 is 0. The van der Waals surface area contributed by atoms with Gasteiger partial charge in [-0.05, 0) is 50.5 Å². The van der Waals surface area contributed by atoms with E-state index in [4.69, 9.17) is 0 Å². The number of thioether (sulfide) groups is 1. The van der Waals surface area contributed by atoms with Crippen LogP contribution in [0.15, 0.2) is 0 Å². The molecule has 1 atom stereocenters. The molecule has 4 heteroatoms. The van der Waals surface area contributed by atoms with E-state index >= 15 is 0 Å². The summed E-state index contributed by atoms with van der Waals surface area (Å²) in [5, 5.41) is 3.48. The van der Waals surface area contributed by atoms with Crippen LogP contribution in [0, 0.1) is 0 Å². The van der Waals surface area contributed by atoms with Crippen molar-refractivity contribution in [1.29, 1.82) is 0 Å². The molecule has 0 aromatic carbocycles. The van der Waals surface area contributed by atoms with Crippen LogP contribution < -0.4 is 5.32 Å². The molecule has 2 rings (SSSR count). The summed E-state index contributed by atoms with van der Waals surface area (Å²) in [6.45, 7) is 1.93. The predicted molar refractivity (Wildman–Crippen MR) is 73.4 cm³/mol. The summed E-state index contributed by atoms with van der Waals surface area (Å²) in [4.78, 5) is 14.3. The van der Waals surface area contributed by atoms with Crippen LogP contribution in [-0.2, 0) is 4.79 Å². The molecule has 1 saturated heterocycles. The number of hydrogen-bond acceptors (Lipinski definition) is 3. The highest BCUT2D eigenvalue weighted by Gasteiger charge is 2.32. The minimum atomic E-state index is 0.122. The second kappa shape index (κ2) is 6.64. The molecule has 17 heavy (non-hydrogen) atoms. The number of hydrogen-bond donors (Lipinski definition) is 1. The zero-order valence-corrected chi connectivity index (χ0v) is 11.6. The smallest absolute Gasteiger partial charge is 0.239 e. The Labute approximate surface area is 109 Å². The first-order valence-electron chi connectivity index (χ1n) is 6.85. The van der Waals surface area contributed by atoms with E-state index in [1.807, 2.05) is 11.8 Å². The average Bonchev–Trinajstić information content (AvgIpc) is 3.13. The molecule has 0 radical (unpaired) electrons. The minimum Gasteiger partial charge on any atom is -0.341 e. The van der Waals surface area contributed by atoms with Crippen molar-refractivity contribution in [3.8, 4) is 0 Å².